The van der Waals surface area contributed by atoms with Crippen molar-refractivity contribution in [2.45, 2.75) is 16.1 Å². The van der Waals surface area contributed by atoms with E-state index in [-0.39, 0.29) is 33.6 Å². The maximum atomic E-state index is 13.5. The number of anilines is 1. The van der Waals surface area contributed by atoms with Gasteiger partial charge in [-0.1, -0.05) is 41.3 Å². The number of carbonyl (C=O) groups excluding carboxylic acids is 2. The number of hydrogen-bond acceptors (Lipinski definition) is 11. The Morgan fingerprint density at radius 2 is 1.83 bits per heavy atom. The average Bonchev–Trinajstić information content (AvgIpc) is 3.58. The molecule has 1 saturated heterocycles. The number of halogens is 1. The molecule has 1 amide bonds. The molecule has 2 aliphatic heterocycles. The van der Waals surface area contributed by atoms with Gasteiger partial charge in [-0.3, -0.25) is 14.5 Å². The molecule has 2 aliphatic rings. The zero-order valence-corrected chi connectivity index (χ0v) is 23.6. The molecule has 4 aromatic rings. The topological polar surface area (TPSA) is 131 Å². The molecule has 0 spiro atoms. The van der Waals surface area contributed by atoms with E-state index < -0.39 is 23.5 Å². The van der Waals surface area contributed by atoms with Crippen molar-refractivity contribution in [3.63, 3.8) is 0 Å². The van der Waals surface area contributed by atoms with Gasteiger partial charge in [0, 0.05) is 11.3 Å². The lowest BCUT2D eigenvalue weighted by Crippen LogP contribution is -2.29. The molecule has 0 bridgehead atoms. The van der Waals surface area contributed by atoms with Crippen LogP contribution in [0.2, 0.25) is 0 Å². The van der Waals surface area contributed by atoms with Crippen LogP contribution < -0.4 is 19.1 Å². The lowest BCUT2D eigenvalue weighted by atomic mass is 9.95. The predicted octanol–water partition coefficient (Wildman–Crippen LogP) is 5.08. The Labute approximate surface area is 247 Å². The molecule has 1 aromatic heterocycles. The number of ketones is 1. The third-order valence-electron chi connectivity index (χ3n) is 6.66. The number of aliphatic hydroxyl groups excluding tert-OH is 1. The van der Waals surface area contributed by atoms with E-state index in [4.69, 9.17) is 14.2 Å². The Balaban J connectivity index is 1.41. The number of carbonyl (C=O) groups is 2. The molecular formula is C29H22FN3O7S2. The highest BCUT2D eigenvalue weighted by Crippen LogP contribution is 2.46. The Bertz CT molecular complexity index is 1720. The van der Waals surface area contributed by atoms with Crippen LogP contribution in [0, 0.1) is 5.82 Å². The van der Waals surface area contributed by atoms with Crippen LogP contribution in [0.25, 0.3) is 5.76 Å². The Morgan fingerprint density at radius 1 is 1.07 bits per heavy atom. The van der Waals surface area contributed by atoms with E-state index in [1.807, 2.05) is 0 Å². The predicted molar refractivity (Wildman–Crippen MR) is 153 cm³/mol. The van der Waals surface area contributed by atoms with Gasteiger partial charge in [0.25, 0.3) is 5.78 Å². The molecule has 0 radical (unpaired) electrons. The SMILES string of the molecule is COc1cc(C2/C(=C(\O)c3ccc4c(c3)OCCO4)C(=O)C(=O)N2c2nnc(SCc3ccc(F)cc3)s2)ccc1O. The first-order chi connectivity index (χ1) is 20.3. The van der Waals surface area contributed by atoms with Crippen molar-refractivity contribution in [1.29, 1.82) is 0 Å². The van der Waals surface area contributed by atoms with Crippen molar-refractivity contribution in [2.75, 3.05) is 25.2 Å². The number of thioether (sulfide) groups is 1. The van der Waals surface area contributed by atoms with E-state index in [1.165, 1.54) is 54.1 Å². The van der Waals surface area contributed by atoms with E-state index in [9.17, 15) is 24.2 Å². The van der Waals surface area contributed by atoms with Crippen LogP contribution >= 0.6 is 23.1 Å². The van der Waals surface area contributed by atoms with Gasteiger partial charge in [0.2, 0.25) is 5.13 Å². The number of phenols is 1. The van der Waals surface area contributed by atoms with Crippen LogP contribution in [0.15, 0.2) is 70.6 Å². The minimum Gasteiger partial charge on any atom is -0.507 e. The van der Waals surface area contributed by atoms with E-state index in [1.54, 1.807) is 30.3 Å². The fourth-order valence-corrected chi connectivity index (χ4v) is 6.46. The first-order valence-electron chi connectivity index (χ1n) is 12.6. The van der Waals surface area contributed by atoms with E-state index in [0.717, 1.165) is 16.9 Å². The summed E-state index contributed by atoms with van der Waals surface area (Å²) >= 11 is 2.44. The van der Waals surface area contributed by atoms with Gasteiger partial charge in [0.15, 0.2) is 27.3 Å². The van der Waals surface area contributed by atoms with Crippen molar-refractivity contribution in [2.24, 2.45) is 0 Å². The van der Waals surface area contributed by atoms with Gasteiger partial charge in [0.05, 0.1) is 18.7 Å². The summed E-state index contributed by atoms with van der Waals surface area (Å²) < 4.78 is 30.2. The van der Waals surface area contributed by atoms with Crippen LogP contribution in [0.5, 0.6) is 23.0 Å². The van der Waals surface area contributed by atoms with Crippen LogP contribution in [-0.4, -0.2) is 52.4 Å². The van der Waals surface area contributed by atoms with Crippen molar-refractivity contribution in [3.8, 4) is 23.0 Å². The van der Waals surface area contributed by atoms with E-state index in [0.29, 0.717) is 40.4 Å². The molecule has 0 saturated carbocycles. The molecule has 1 fully saturated rings. The van der Waals surface area contributed by atoms with Gasteiger partial charge in [-0.25, -0.2) is 4.39 Å². The fraction of sp³-hybridized carbons (Fsp3) is 0.172. The number of methoxy groups -OCH3 is 1. The maximum absolute atomic E-state index is 13.5. The van der Waals surface area contributed by atoms with Crippen LogP contribution in [-0.2, 0) is 15.3 Å². The summed E-state index contributed by atoms with van der Waals surface area (Å²) in [5.41, 5.74) is 1.33. The second kappa shape index (κ2) is 11.3. The summed E-state index contributed by atoms with van der Waals surface area (Å²) in [6.07, 6.45) is 0. The normalized spacial score (nSPS) is 17.5. The molecule has 2 N–H and O–H groups in total. The Hall–Kier alpha value is -4.62. The second-order valence-electron chi connectivity index (χ2n) is 9.22. The fourth-order valence-electron chi connectivity index (χ4n) is 4.64. The zero-order chi connectivity index (χ0) is 29.4. The van der Waals surface area contributed by atoms with Gasteiger partial charge < -0.3 is 24.4 Å². The molecule has 1 unspecified atom stereocenters. The van der Waals surface area contributed by atoms with Gasteiger partial charge >= 0.3 is 5.91 Å². The number of aliphatic hydroxyl groups is 1. The summed E-state index contributed by atoms with van der Waals surface area (Å²) in [5.74, 6) is -1.22. The highest BCUT2D eigenvalue weighted by Gasteiger charge is 2.48. The van der Waals surface area contributed by atoms with Crippen LogP contribution in [0.1, 0.15) is 22.7 Å². The number of amides is 1. The molecule has 3 heterocycles. The third kappa shape index (κ3) is 5.12. The Morgan fingerprint density at radius 3 is 2.60 bits per heavy atom. The van der Waals surface area contributed by atoms with Crippen LogP contribution in [0.3, 0.4) is 0 Å². The monoisotopic (exact) mass is 607 g/mol. The average molecular weight is 608 g/mol. The number of phenolic OH excluding ortho intramolecular Hbond substituents is 1. The molecule has 3 aromatic carbocycles. The second-order valence-corrected chi connectivity index (χ2v) is 11.4. The van der Waals surface area contributed by atoms with Gasteiger partial charge in [-0.05, 0) is 53.6 Å². The molecular weight excluding hydrogens is 585 g/mol. The molecule has 214 valence electrons. The molecule has 0 aliphatic carbocycles. The number of ether oxygens (including phenoxy) is 3. The maximum Gasteiger partial charge on any atom is 0.301 e. The number of rotatable bonds is 7. The van der Waals surface area contributed by atoms with Crippen LogP contribution in [0.4, 0.5) is 9.52 Å². The Kier molecular flexibility index (Phi) is 7.43. The number of benzene rings is 3. The van der Waals surface area contributed by atoms with E-state index >= 15 is 0 Å². The number of aromatic hydroxyl groups is 1. The minimum absolute atomic E-state index is 0.116. The minimum atomic E-state index is -1.12. The largest absolute Gasteiger partial charge is 0.507 e. The number of nitrogens with zero attached hydrogens (tertiary/aromatic N) is 3. The number of hydrogen-bond donors (Lipinski definition) is 2. The van der Waals surface area contributed by atoms with Gasteiger partial charge in [-0.2, -0.15) is 0 Å². The highest BCUT2D eigenvalue weighted by atomic mass is 32.2. The number of aromatic nitrogens is 2. The van der Waals surface area contributed by atoms with Gasteiger partial charge in [0.1, 0.15) is 24.8 Å². The molecule has 13 heteroatoms. The lowest BCUT2D eigenvalue weighted by molar-refractivity contribution is -0.132. The third-order valence-corrected chi connectivity index (χ3v) is 8.78. The first kappa shape index (κ1) is 27.5. The smallest absolute Gasteiger partial charge is 0.301 e. The summed E-state index contributed by atoms with van der Waals surface area (Å²) in [6.45, 7) is 0.714. The highest BCUT2D eigenvalue weighted by molar-refractivity contribution is 8.00. The molecule has 6 rings (SSSR count). The lowest BCUT2D eigenvalue weighted by Gasteiger charge is -2.23. The van der Waals surface area contributed by atoms with Crippen molar-refractivity contribution >= 4 is 45.7 Å². The molecule has 10 nitrogen and oxygen atoms in total. The van der Waals surface area contributed by atoms with Gasteiger partial charge in [-0.15, -0.1) is 10.2 Å². The van der Waals surface area contributed by atoms with E-state index in [2.05, 4.69) is 10.2 Å². The first-order valence-corrected chi connectivity index (χ1v) is 14.4. The van der Waals surface area contributed by atoms with Crippen molar-refractivity contribution in [3.05, 3.63) is 88.7 Å². The molecule has 1 atom stereocenters. The van der Waals surface area contributed by atoms with Crippen molar-refractivity contribution < 1.29 is 38.4 Å². The summed E-state index contributed by atoms with van der Waals surface area (Å²) in [7, 11) is 1.38. The number of fused-ring (bicyclic) bond motifs is 1. The molecule has 42 heavy (non-hydrogen) atoms. The quantitative estimate of drug-likeness (QED) is 0.0964. The summed E-state index contributed by atoms with van der Waals surface area (Å²) in [5, 5.41) is 30.2. The number of Topliss-reactive ketones (excluding diaryl/α,β-unsaturated/α-hetero) is 1. The summed E-state index contributed by atoms with van der Waals surface area (Å²) in [6, 6.07) is 14.1. The van der Waals surface area contributed by atoms with Crippen molar-refractivity contribution in [1.82, 2.24) is 10.2 Å². The summed E-state index contributed by atoms with van der Waals surface area (Å²) in [4.78, 5) is 28.2. The zero-order valence-electron chi connectivity index (χ0n) is 21.9. The standard InChI is InChI=1S/C29H22FN3O7S2/c1-38-21-12-16(4-8-19(21)34)24-23(25(35)17-5-9-20-22(13-17)40-11-10-39-20)26(36)27(37)33(24)28-31-32-29(42-28)41-14-15-2-6-18(30)7-3-15/h2-9,12-13,24,34-35H,10-11,14H2,1H3/b25-23+.